The average Bonchev–Trinajstić information content (AvgIpc) is 2.88. The summed E-state index contributed by atoms with van der Waals surface area (Å²) in [6, 6.07) is 7.51. The maximum atomic E-state index is 12.0. The van der Waals surface area contributed by atoms with Crippen LogP contribution in [0.15, 0.2) is 30.6 Å². The molecule has 1 aromatic carbocycles. The maximum absolute atomic E-state index is 12.0. The van der Waals surface area contributed by atoms with Crippen LogP contribution in [0.25, 0.3) is 0 Å². The van der Waals surface area contributed by atoms with Crippen LogP contribution in [0.1, 0.15) is 45.1 Å². The van der Waals surface area contributed by atoms with Gasteiger partial charge < -0.3 is 15.4 Å². The predicted molar refractivity (Wildman–Crippen MR) is 72.6 cm³/mol. The summed E-state index contributed by atoms with van der Waals surface area (Å²) >= 11 is 0. The fourth-order valence-corrected chi connectivity index (χ4v) is 1.92. The minimum Gasteiger partial charge on any atom is -0.477 e. The molecule has 0 bridgehead atoms. The molecule has 0 aliphatic rings. The Morgan fingerprint density at radius 3 is 2.80 bits per heavy atom. The van der Waals surface area contributed by atoms with E-state index in [0.717, 1.165) is 11.1 Å². The zero-order valence-corrected chi connectivity index (χ0v) is 11.2. The number of aryl methyl sites for hydroxylation is 1. The van der Waals surface area contributed by atoms with Crippen molar-refractivity contribution >= 4 is 11.9 Å². The van der Waals surface area contributed by atoms with Crippen LogP contribution in [-0.2, 0) is 0 Å². The molecule has 2 aromatic rings. The van der Waals surface area contributed by atoms with Gasteiger partial charge in [0.15, 0.2) is 11.4 Å². The Kier molecular flexibility index (Phi) is 3.84. The molecule has 1 atom stereocenters. The molecular formula is C14H15N3O3. The number of hydrogen-bond donors (Lipinski definition) is 3. The lowest BCUT2D eigenvalue weighted by Gasteiger charge is -2.14. The fourth-order valence-electron chi connectivity index (χ4n) is 1.92. The van der Waals surface area contributed by atoms with Gasteiger partial charge in [0.2, 0.25) is 0 Å². The molecule has 0 fully saturated rings. The van der Waals surface area contributed by atoms with Crippen molar-refractivity contribution in [3.63, 3.8) is 0 Å². The molecule has 0 radical (unpaired) electrons. The van der Waals surface area contributed by atoms with Crippen molar-refractivity contribution in [3.8, 4) is 0 Å². The van der Waals surface area contributed by atoms with Crippen LogP contribution in [0.5, 0.6) is 0 Å². The van der Waals surface area contributed by atoms with Gasteiger partial charge in [-0.15, -0.1) is 0 Å². The minimum absolute atomic E-state index is 0.114. The van der Waals surface area contributed by atoms with Crippen LogP contribution >= 0.6 is 0 Å². The van der Waals surface area contributed by atoms with Crippen LogP contribution < -0.4 is 5.32 Å². The van der Waals surface area contributed by atoms with Crippen molar-refractivity contribution in [3.05, 3.63) is 53.1 Å². The number of carboxylic acid groups (broad SMARTS) is 1. The highest BCUT2D eigenvalue weighted by molar-refractivity contribution is 6.02. The third kappa shape index (κ3) is 2.85. The first-order valence-corrected chi connectivity index (χ1v) is 6.13. The summed E-state index contributed by atoms with van der Waals surface area (Å²) in [4.78, 5) is 29.2. The number of nitrogens with zero attached hydrogens (tertiary/aromatic N) is 1. The van der Waals surface area contributed by atoms with Gasteiger partial charge in [-0.05, 0) is 19.4 Å². The van der Waals surface area contributed by atoms with E-state index in [-0.39, 0.29) is 17.4 Å². The molecule has 2 rings (SSSR count). The molecule has 6 heteroatoms. The highest BCUT2D eigenvalue weighted by Crippen LogP contribution is 2.14. The standard InChI is InChI=1S/C14H15N3O3/c1-8-4-3-5-10(6-8)9(2)17-13(18)11-12(14(19)20)16-7-15-11/h3-7,9H,1-2H3,(H,15,16)(H,17,18)(H,19,20)/t9-/m0/s1. The predicted octanol–water partition coefficient (Wildman–Crippen LogP) is 1.91. The van der Waals surface area contributed by atoms with Crippen molar-refractivity contribution in [1.29, 1.82) is 0 Å². The molecule has 1 aromatic heterocycles. The Hall–Kier alpha value is -2.63. The Balaban J connectivity index is 2.15. The van der Waals surface area contributed by atoms with Gasteiger partial charge in [0, 0.05) is 0 Å². The Bertz CT molecular complexity index is 649. The SMILES string of the molecule is Cc1cccc([C@H](C)NC(=O)c2nc[nH]c2C(=O)O)c1. The number of carboxylic acids is 1. The van der Waals surface area contributed by atoms with Crippen molar-refractivity contribution in [2.75, 3.05) is 0 Å². The number of carbonyl (C=O) groups is 2. The molecule has 6 nitrogen and oxygen atoms in total. The monoisotopic (exact) mass is 273 g/mol. The van der Waals surface area contributed by atoms with Gasteiger partial charge in [0.25, 0.3) is 5.91 Å². The first-order valence-electron chi connectivity index (χ1n) is 6.13. The number of carbonyl (C=O) groups excluding carboxylic acids is 1. The highest BCUT2D eigenvalue weighted by atomic mass is 16.4. The smallest absolute Gasteiger partial charge is 0.354 e. The van der Waals surface area contributed by atoms with E-state index in [9.17, 15) is 9.59 Å². The number of amides is 1. The molecule has 1 amide bonds. The van der Waals surface area contributed by atoms with E-state index >= 15 is 0 Å². The molecule has 0 unspecified atom stereocenters. The van der Waals surface area contributed by atoms with Crippen molar-refractivity contribution in [2.24, 2.45) is 0 Å². The highest BCUT2D eigenvalue weighted by Gasteiger charge is 2.21. The van der Waals surface area contributed by atoms with E-state index in [1.54, 1.807) is 0 Å². The zero-order valence-electron chi connectivity index (χ0n) is 11.2. The summed E-state index contributed by atoms with van der Waals surface area (Å²) in [5.41, 5.74) is 1.72. The number of imidazole rings is 1. The number of H-pyrrole nitrogens is 1. The van der Waals surface area contributed by atoms with Gasteiger partial charge in [-0.2, -0.15) is 0 Å². The molecule has 3 N–H and O–H groups in total. The summed E-state index contributed by atoms with van der Waals surface area (Å²) in [7, 11) is 0. The summed E-state index contributed by atoms with van der Waals surface area (Å²) in [5.74, 6) is -1.73. The molecule has 0 saturated heterocycles. The summed E-state index contributed by atoms with van der Waals surface area (Å²) in [6.07, 6.45) is 1.19. The van der Waals surface area contributed by atoms with Crippen LogP contribution in [0.4, 0.5) is 0 Å². The normalized spacial score (nSPS) is 11.9. The van der Waals surface area contributed by atoms with Crippen LogP contribution in [0, 0.1) is 6.92 Å². The van der Waals surface area contributed by atoms with Gasteiger partial charge in [0.1, 0.15) is 0 Å². The minimum atomic E-state index is -1.21. The zero-order chi connectivity index (χ0) is 14.7. The van der Waals surface area contributed by atoms with Crippen molar-refractivity contribution < 1.29 is 14.7 Å². The first kappa shape index (κ1) is 13.8. The second kappa shape index (κ2) is 5.56. The second-order valence-corrected chi connectivity index (χ2v) is 4.54. The number of rotatable bonds is 4. The topological polar surface area (TPSA) is 95.1 Å². The molecular weight excluding hydrogens is 258 g/mol. The maximum Gasteiger partial charge on any atom is 0.354 e. The Morgan fingerprint density at radius 2 is 2.15 bits per heavy atom. The summed E-state index contributed by atoms with van der Waals surface area (Å²) < 4.78 is 0. The Morgan fingerprint density at radius 1 is 1.40 bits per heavy atom. The lowest BCUT2D eigenvalue weighted by Crippen LogP contribution is -2.28. The van der Waals surface area contributed by atoms with Crippen LogP contribution in [-0.4, -0.2) is 27.0 Å². The van der Waals surface area contributed by atoms with E-state index in [4.69, 9.17) is 5.11 Å². The summed E-state index contributed by atoms with van der Waals surface area (Å²) in [6.45, 7) is 3.80. The molecule has 0 saturated carbocycles. The third-order valence-electron chi connectivity index (χ3n) is 2.96. The van der Waals surface area contributed by atoms with Gasteiger partial charge in [0.05, 0.1) is 12.4 Å². The lowest BCUT2D eigenvalue weighted by molar-refractivity contribution is 0.0684. The van der Waals surface area contributed by atoms with Gasteiger partial charge in [-0.3, -0.25) is 4.79 Å². The lowest BCUT2D eigenvalue weighted by atomic mass is 10.1. The first-order chi connectivity index (χ1) is 9.49. The molecule has 104 valence electrons. The average molecular weight is 273 g/mol. The van der Waals surface area contributed by atoms with E-state index in [1.807, 2.05) is 38.1 Å². The number of hydrogen-bond acceptors (Lipinski definition) is 3. The van der Waals surface area contributed by atoms with Gasteiger partial charge in [-0.25, -0.2) is 9.78 Å². The quantitative estimate of drug-likeness (QED) is 0.793. The van der Waals surface area contributed by atoms with Gasteiger partial charge in [-0.1, -0.05) is 29.8 Å². The number of aromatic amines is 1. The second-order valence-electron chi connectivity index (χ2n) is 4.54. The molecule has 20 heavy (non-hydrogen) atoms. The number of aromatic nitrogens is 2. The Labute approximate surface area is 115 Å². The van der Waals surface area contributed by atoms with Crippen molar-refractivity contribution in [2.45, 2.75) is 19.9 Å². The van der Waals surface area contributed by atoms with Crippen LogP contribution in [0.3, 0.4) is 0 Å². The molecule has 0 aliphatic heterocycles. The molecule has 1 heterocycles. The van der Waals surface area contributed by atoms with Crippen molar-refractivity contribution in [1.82, 2.24) is 15.3 Å². The molecule has 0 spiro atoms. The summed E-state index contributed by atoms with van der Waals surface area (Å²) in [5, 5.41) is 11.7. The molecule has 0 aliphatic carbocycles. The number of nitrogens with one attached hydrogen (secondary N) is 2. The number of benzene rings is 1. The fraction of sp³-hybridized carbons (Fsp3) is 0.214. The third-order valence-corrected chi connectivity index (χ3v) is 2.96. The van der Waals surface area contributed by atoms with E-state index in [2.05, 4.69) is 15.3 Å². The van der Waals surface area contributed by atoms with E-state index in [1.165, 1.54) is 6.33 Å². The van der Waals surface area contributed by atoms with Crippen LogP contribution in [0.2, 0.25) is 0 Å². The largest absolute Gasteiger partial charge is 0.477 e. The number of aromatic carboxylic acids is 1. The van der Waals surface area contributed by atoms with Gasteiger partial charge >= 0.3 is 5.97 Å². The van der Waals surface area contributed by atoms with E-state index in [0.29, 0.717) is 0 Å². The van der Waals surface area contributed by atoms with E-state index < -0.39 is 11.9 Å².